The Morgan fingerprint density at radius 2 is 1.56 bits per heavy atom. The number of esters is 1. The van der Waals surface area contributed by atoms with Crippen LogP contribution in [0.1, 0.15) is 138 Å². The minimum Gasteiger partial charge on any atom is -0.462 e. The average Bonchev–Trinajstić information content (AvgIpc) is 3.92. The number of aliphatic hydroxyl groups excluding tert-OH is 1. The summed E-state index contributed by atoms with van der Waals surface area (Å²) >= 11 is 6.29. The molecule has 11 atom stereocenters. The monoisotopic (exact) mass is 861 g/mol. The highest BCUT2D eigenvalue weighted by atomic mass is 35.5. The lowest BCUT2D eigenvalue weighted by Crippen LogP contribution is -2.63. The first-order valence-electron chi connectivity index (χ1n) is 23.9. The van der Waals surface area contributed by atoms with Crippen molar-refractivity contribution >= 4 is 35.5 Å². The lowest BCUT2D eigenvalue weighted by Gasteiger charge is -2.69. The van der Waals surface area contributed by atoms with Crippen molar-refractivity contribution in [2.45, 2.75) is 143 Å². The van der Waals surface area contributed by atoms with Crippen molar-refractivity contribution in [1.82, 2.24) is 9.80 Å². The molecule has 0 aromatic heterocycles. The number of carbonyl (C=O) groups excluding carboxylic acids is 4. The normalized spacial score (nSPS) is 37.9. The number of ether oxygens (including phenoxy) is 1. The quantitative estimate of drug-likeness (QED) is 0.165. The van der Waals surface area contributed by atoms with Gasteiger partial charge in [0.15, 0.2) is 5.78 Å². The van der Waals surface area contributed by atoms with Crippen molar-refractivity contribution in [3.63, 3.8) is 0 Å². The SMILES string of the molecule is CC(C)C1=C2C3CCC4C(C)(CCC5C(C)(C)C(OC(=O)C6CC(C=O)C6C)CCC54C)C3CCC2(CC(=O)N(CCN(C)C)CC2(c3ccc(Cl)cc3)CC2)CC1=O.CO. The standard InChI is InChI=1S/C51H73ClN2O5.CH4O/c1-31(2)44-39(56)27-51(28-43(57)54(25-24-53(8)9)30-50(22-23-50)34-10-12-35(52)13-11-34)21-16-38-36(45(44)51)14-15-41-48(38,6)19-17-40-47(4,5)42(18-20-49(40,41)7)59-46(58)37-26-33(29-55)32(37)3;1-2/h10-13,29,31-33,36-38,40-42H,14-28,30H2,1-9H3;2H,1H3. The van der Waals surface area contributed by atoms with Gasteiger partial charge in [0.25, 0.3) is 0 Å². The Hall–Kier alpha value is -2.55. The van der Waals surface area contributed by atoms with Crippen LogP contribution < -0.4 is 0 Å². The number of rotatable bonds is 12. The van der Waals surface area contributed by atoms with Crippen molar-refractivity contribution in [2.75, 3.05) is 40.8 Å². The van der Waals surface area contributed by atoms with Crippen molar-refractivity contribution in [2.24, 2.45) is 69.0 Å². The summed E-state index contributed by atoms with van der Waals surface area (Å²) in [7, 11) is 5.16. The number of likely N-dealkylation sites (N-methyl/N-ethyl adjacent to an activating group) is 1. The Morgan fingerprint density at radius 3 is 2.16 bits per heavy atom. The van der Waals surface area contributed by atoms with Crippen LogP contribution in [0, 0.1) is 69.0 Å². The summed E-state index contributed by atoms with van der Waals surface area (Å²) in [5, 5.41) is 7.74. The maximum absolute atomic E-state index is 14.9. The molecule has 0 spiro atoms. The molecule has 338 valence electrons. The summed E-state index contributed by atoms with van der Waals surface area (Å²) in [6.07, 6.45) is 13.0. The largest absolute Gasteiger partial charge is 0.462 e. The third-order valence-corrected chi connectivity index (χ3v) is 19.0. The van der Waals surface area contributed by atoms with Gasteiger partial charge in [0.1, 0.15) is 12.4 Å². The molecule has 0 aliphatic heterocycles. The number of Topliss-reactive ketones (excluding diaryl/α,β-unsaturated/α-hetero) is 1. The number of hydrogen-bond donors (Lipinski definition) is 1. The van der Waals surface area contributed by atoms with Gasteiger partial charge in [0.05, 0.1) is 5.92 Å². The Kier molecular flexibility index (Phi) is 13.0. The van der Waals surface area contributed by atoms with Crippen LogP contribution in [0.5, 0.6) is 0 Å². The molecule has 0 saturated heterocycles. The molecule has 9 heteroatoms. The minimum atomic E-state index is -0.389. The molecule has 1 aromatic carbocycles. The summed E-state index contributed by atoms with van der Waals surface area (Å²) in [5.74, 6) is 2.26. The molecule has 1 N–H and O–H groups in total. The van der Waals surface area contributed by atoms with Crippen LogP contribution in [0.25, 0.3) is 0 Å². The number of nitrogens with zero attached hydrogens (tertiary/aromatic N) is 2. The number of hydrogen-bond acceptors (Lipinski definition) is 7. The predicted molar refractivity (Wildman–Crippen MR) is 242 cm³/mol. The fourth-order valence-corrected chi connectivity index (χ4v) is 15.4. The highest BCUT2D eigenvalue weighted by Gasteiger charge is 2.67. The van der Waals surface area contributed by atoms with Crippen molar-refractivity contribution in [3.05, 3.63) is 46.0 Å². The number of aliphatic hydroxyl groups is 1. The van der Waals surface area contributed by atoms with E-state index < -0.39 is 0 Å². The van der Waals surface area contributed by atoms with Gasteiger partial charge in [-0.25, -0.2) is 0 Å². The molecular weight excluding hydrogens is 784 g/mol. The van der Waals surface area contributed by atoms with Gasteiger partial charge in [-0.2, -0.15) is 0 Å². The molecule has 0 radical (unpaired) electrons. The zero-order valence-corrected chi connectivity index (χ0v) is 39.9. The van der Waals surface area contributed by atoms with Crippen molar-refractivity contribution in [1.29, 1.82) is 0 Å². The Balaban J connectivity index is 0.00000277. The fourth-order valence-electron chi connectivity index (χ4n) is 15.2. The van der Waals surface area contributed by atoms with E-state index in [1.807, 2.05) is 19.1 Å². The van der Waals surface area contributed by atoms with E-state index in [1.54, 1.807) is 0 Å². The smallest absolute Gasteiger partial charge is 0.309 e. The molecule has 61 heavy (non-hydrogen) atoms. The van der Waals surface area contributed by atoms with E-state index in [2.05, 4.69) is 77.6 Å². The number of halogens is 1. The first kappa shape index (κ1) is 46.4. The van der Waals surface area contributed by atoms with Gasteiger partial charge in [0, 0.05) is 66.8 Å². The topological polar surface area (TPSA) is 104 Å². The van der Waals surface area contributed by atoms with Crippen molar-refractivity contribution < 1.29 is 29.0 Å². The van der Waals surface area contributed by atoms with Gasteiger partial charge in [-0.3, -0.25) is 14.4 Å². The predicted octanol–water partition coefficient (Wildman–Crippen LogP) is 9.73. The second kappa shape index (κ2) is 17.1. The van der Waals surface area contributed by atoms with Gasteiger partial charge in [-0.1, -0.05) is 77.8 Å². The number of fused-ring (bicyclic) bond motifs is 7. The van der Waals surface area contributed by atoms with E-state index in [-0.39, 0.29) is 68.7 Å². The van der Waals surface area contributed by atoms with E-state index in [4.69, 9.17) is 21.4 Å². The molecule has 7 aliphatic carbocycles. The molecule has 0 heterocycles. The summed E-state index contributed by atoms with van der Waals surface area (Å²) in [6, 6.07) is 8.24. The number of allylic oxidation sites excluding steroid dienone is 2. The molecule has 8 rings (SSSR count). The number of carbonyl (C=O) groups is 4. The Bertz CT molecular complexity index is 1870. The van der Waals surface area contributed by atoms with E-state index in [0.717, 1.165) is 94.7 Å². The summed E-state index contributed by atoms with van der Waals surface area (Å²) in [6.45, 7) is 18.5. The second-order valence-electron chi connectivity index (χ2n) is 22.7. The summed E-state index contributed by atoms with van der Waals surface area (Å²) < 4.78 is 6.42. The van der Waals surface area contributed by atoms with Gasteiger partial charge in [0.2, 0.25) is 5.91 Å². The third kappa shape index (κ3) is 7.91. The number of aldehydes is 1. The molecule has 0 bridgehead atoms. The van der Waals surface area contributed by atoms with Crippen LogP contribution >= 0.6 is 11.6 Å². The molecule has 8 nitrogen and oxygen atoms in total. The lowest BCUT2D eigenvalue weighted by molar-refractivity contribution is -0.217. The molecule has 1 aromatic rings. The van der Waals surface area contributed by atoms with Crippen LogP contribution in [-0.2, 0) is 29.3 Å². The van der Waals surface area contributed by atoms with E-state index >= 15 is 0 Å². The van der Waals surface area contributed by atoms with Gasteiger partial charge < -0.3 is 24.4 Å². The van der Waals surface area contributed by atoms with Gasteiger partial charge in [-0.05, 0) is 154 Å². The Morgan fingerprint density at radius 1 is 0.885 bits per heavy atom. The van der Waals surface area contributed by atoms with Gasteiger partial charge >= 0.3 is 5.97 Å². The molecular formula is C52H77ClN2O6. The molecule has 6 fully saturated rings. The van der Waals surface area contributed by atoms with E-state index in [1.165, 1.54) is 11.1 Å². The molecule has 1 amide bonds. The third-order valence-electron chi connectivity index (χ3n) is 18.7. The number of ketones is 1. The van der Waals surface area contributed by atoms with Crippen LogP contribution in [0.3, 0.4) is 0 Å². The number of benzene rings is 1. The first-order chi connectivity index (χ1) is 28.8. The zero-order valence-electron chi connectivity index (χ0n) is 39.2. The fraction of sp³-hybridized carbons (Fsp3) is 0.769. The molecule has 11 unspecified atom stereocenters. The average molecular weight is 862 g/mol. The summed E-state index contributed by atoms with van der Waals surface area (Å²) in [4.78, 5) is 58.5. The highest BCUT2D eigenvalue weighted by Crippen LogP contribution is 2.73. The summed E-state index contributed by atoms with van der Waals surface area (Å²) in [5.41, 5.74) is 3.43. The van der Waals surface area contributed by atoms with Crippen LogP contribution in [-0.4, -0.2) is 85.8 Å². The number of amides is 1. The van der Waals surface area contributed by atoms with Crippen LogP contribution in [0.4, 0.5) is 0 Å². The zero-order chi connectivity index (χ0) is 44.4. The van der Waals surface area contributed by atoms with E-state index in [0.29, 0.717) is 61.8 Å². The maximum Gasteiger partial charge on any atom is 0.309 e. The van der Waals surface area contributed by atoms with Gasteiger partial charge in [-0.15, -0.1) is 0 Å². The molecule has 7 aliphatic rings. The minimum absolute atomic E-state index is 0.0232. The van der Waals surface area contributed by atoms with E-state index in [9.17, 15) is 19.2 Å². The van der Waals surface area contributed by atoms with Crippen molar-refractivity contribution in [3.8, 4) is 0 Å². The van der Waals surface area contributed by atoms with Crippen LogP contribution in [0.2, 0.25) is 5.02 Å². The maximum atomic E-state index is 14.9. The molecule has 6 saturated carbocycles. The Labute approximate surface area is 372 Å². The highest BCUT2D eigenvalue weighted by molar-refractivity contribution is 6.30. The first-order valence-corrected chi connectivity index (χ1v) is 24.2. The lowest BCUT2D eigenvalue weighted by atomic mass is 9.36. The van der Waals surface area contributed by atoms with Crippen LogP contribution in [0.15, 0.2) is 35.4 Å². The second-order valence-corrected chi connectivity index (χ2v) is 23.2.